The molecule has 0 saturated carbocycles. The van der Waals surface area contributed by atoms with E-state index < -0.39 is 22.7 Å². The molecule has 0 heterocycles. The average Bonchev–Trinajstić information content (AvgIpc) is 1.66. The summed E-state index contributed by atoms with van der Waals surface area (Å²) in [6.45, 7) is 2.00. The van der Waals surface area contributed by atoms with Gasteiger partial charge in [0, 0.05) is 0 Å². The van der Waals surface area contributed by atoms with E-state index in [1.165, 1.54) is 0 Å². The maximum absolute atomic E-state index is 8.56. The molecule has 11 heteroatoms. The molecule has 2 unspecified atom stereocenters. The van der Waals surface area contributed by atoms with Gasteiger partial charge >= 0.3 is 59.1 Å². The first-order valence-corrected chi connectivity index (χ1v) is 3.38. The van der Waals surface area contributed by atoms with Gasteiger partial charge in [0.25, 0.3) is 0 Å². The largest absolute Gasteiger partial charge is 1.00 e. The molecule has 0 radical (unpaired) electrons. The Morgan fingerprint density at radius 3 is 0.917 bits per heavy atom. The van der Waals surface area contributed by atoms with Gasteiger partial charge in [-0.05, 0) is 0 Å². The Labute approximate surface area is 119 Å². The van der Waals surface area contributed by atoms with Gasteiger partial charge in [0.1, 0.15) is 6.79 Å². The third kappa shape index (κ3) is 421. The number of carbonyl (C=O) groups is 1. The van der Waals surface area contributed by atoms with Crippen LogP contribution in [-0.4, -0.2) is 33.4 Å². The van der Waals surface area contributed by atoms with Gasteiger partial charge in [0.05, 0.1) is 22.7 Å². The fourth-order valence-electron chi connectivity index (χ4n) is 0. The summed E-state index contributed by atoms with van der Waals surface area (Å²) in [6, 6.07) is 0. The van der Waals surface area contributed by atoms with Gasteiger partial charge in [0.2, 0.25) is 0 Å². The quantitative estimate of drug-likeness (QED) is 0.315. The standard InChI is InChI=1S/CH2O.2Na.2H2O3S/c1-2;;;2*1-4(2)3/h1H2;;;2*(H2,1,2,3)/q;2*+1;;/p-2. The SMILES string of the molecule is C=O.O=S([O-])O.O=S([O-])O.[Na+].[Na+]. The minimum atomic E-state index is -2.86. The van der Waals surface area contributed by atoms with Gasteiger partial charge in [-0.3, -0.25) is 0 Å². The summed E-state index contributed by atoms with van der Waals surface area (Å²) in [6.07, 6.45) is 0. The summed E-state index contributed by atoms with van der Waals surface area (Å²) in [5.74, 6) is 0. The third-order valence-corrected chi connectivity index (χ3v) is 0. The van der Waals surface area contributed by atoms with E-state index in [-0.39, 0.29) is 59.1 Å². The van der Waals surface area contributed by atoms with Crippen molar-refractivity contribution in [3.8, 4) is 0 Å². The summed E-state index contributed by atoms with van der Waals surface area (Å²) >= 11 is -5.72. The van der Waals surface area contributed by atoms with Gasteiger partial charge in [-0.15, -0.1) is 0 Å². The Bertz CT molecular complexity index is 87.6. The molecule has 0 aliphatic carbocycles. The van der Waals surface area contributed by atoms with E-state index in [1.807, 2.05) is 6.79 Å². The van der Waals surface area contributed by atoms with E-state index in [0.717, 1.165) is 0 Å². The van der Waals surface area contributed by atoms with Crippen LogP contribution in [0, 0.1) is 0 Å². The molecule has 0 rings (SSSR count). The van der Waals surface area contributed by atoms with Crippen molar-refractivity contribution in [1.29, 1.82) is 0 Å². The van der Waals surface area contributed by atoms with Crippen molar-refractivity contribution < 1.29 is 90.5 Å². The normalized spacial score (nSPS) is 10.7. The maximum Gasteiger partial charge on any atom is 1.00 e. The van der Waals surface area contributed by atoms with Gasteiger partial charge in [-0.25, -0.2) is 8.42 Å². The Balaban J connectivity index is -0.0000000198. The molecule has 0 saturated heterocycles. The zero-order chi connectivity index (χ0) is 9.15. The first kappa shape index (κ1) is 29.2. The van der Waals surface area contributed by atoms with Crippen LogP contribution >= 0.6 is 0 Å². The molecule has 0 amide bonds. The summed E-state index contributed by atoms with van der Waals surface area (Å²) in [5.41, 5.74) is 0. The molecular formula is CH4Na2O7S2. The Hall–Kier alpha value is 1.81. The van der Waals surface area contributed by atoms with Gasteiger partial charge in [0.15, 0.2) is 0 Å². The van der Waals surface area contributed by atoms with E-state index in [0.29, 0.717) is 0 Å². The van der Waals surface area contributed by atoms with Crippen molar-refractivity contribution in [2.75, 3.05) is 0 Å². The van der Waals surface area contributed by atoms with Gasteiger partial charge in [-0.2, -0.15) is 0 Å². The van der Waals surface area contributed by atoms with Crippen LogP contribution in [0.4, 0.5) is 0 Å². The fraction of sp³-hybridized carbons (Fsp3) is 0. The van der Waals surface area contributed by atoms with Crippen molar-refractivity contribution in [3.05, 3.63) is 0 Å². The minimum Gasteiger partial charge on any atom is -0.750 e. The molecule has 0 aliphatic rings. The summed E-state index contributed by atoms with van der Waals surface area (Å²) in [5, 5.41) is 0. The molecule has 2 N–H and O–H groups in total. The second-order valence-corrected chi connectivity index (χ2v) is 1.30. The molecule has 0 bridgehead atoms. The summed E-state index contributed by atoms with van der Waals surface area (Å²) in [7, 11) is 0. The number of rotatable bonds is 0. The molecule has 0 spiro atoms. The Kier molecular flexibility index (Phi) is 71.3. The summed E-state index contributed by atoms with van der Waals surface area (Å²) < 4.78 is 48.2. The second-order valence-electron chi connectivity index (χ2n) is 0.434. The van der Waals surface area contributed by atoms with E-state index >= 15 is 0 Å². The molecular weight excluding hydrogens is 234 g/mol. The van der Waals surface area contributed by atoms with Gasteiger partial charge < -0.3 is 23.0 Å². The van der Waals surface area contributed by atoms with Crippen LogP contribution in [0.25, 0.3) is 0 Å². The molecule has 7 nitrogen and oxygen atoms in total. The second kappa shape index (κ2) is 29.3. The van der Waals surface area contributed by atoms with E-state index in [4.69, 9.17) is 31.4 Å². The zero-order valence-electron chi connectivity index (χ0n) is 6.46. The number of carbonyl (C=O) groups excluding carboxylic acids is 1. The van der Waals surface area contributed by atoms with E-state index in [2.05, 4.69) is 0 Å². The Morgan fingerprint density at radius 2 is 0.917 bits per heavy atom. The summed E-state index contributed by atoms with van der Waals surface area (Å²) in [4.78, 5) is 8.00. The number of hydrogen-bond donors (Lipinski definition) is 2. The zero-order valence-corrected chi connectivity index (χ0v) is 12.1. The predicted molar refractivity (Wildman–Crippen MR) is 30.2 cm³/mol. The first-order valence-electron chi connectivity index (χ1n) is 1.32. The fourth-order valence-corrected chi connectivity index (χ4v) is 0. The van der Waals surface area contributed by atoms with Crippen molar-refractivity contribution in [2.45, 2.75) is 0 Å². The monoisotopic (exact) mass is 238 g/mol. The molecule has 0 aromatic heterocycles. The van der Waals surface area contributed by atoms with Crippen LogP contribution in [0.3, 0.4) is 0 Å². The van der Waals surface area contributed by atoms with Crippen LogP contribution in [-0.2, 0) is 27.5 Å². The van der Waals surface area contributed by atoms with Crippen molar-refractivity contribution >= 4 is 29.5 Å². The first-order chi connectivity index (χ1) is 4.46. The van der Waals surface area contributed by atoms with Crippen molar-refractivity contribution in [2.24, 2.45) is 0 Å². The van der Waals surface area contributed by atoms with Crippen LogP contribution in [0.2, 0.25) is 0 Å². The van der Waals surface area contributed by atoms with Crippen LogP contribution in [0.15, 0.2) is 0 Å². The van der Waals surface area contributed by atoms with Crippen LogP contribution < -0.4 is 59.1 Å². The number of hydrogen-bond acceptors (Lipinski definition) is 5. The van der Waals surface area contributed by atoms with Gasteiger partial charge in [-0.1, -0.05) is 0 Å². The van der Waals surface area contributed by atoms with Crippen LogP contribution in [0.1, 0.15) is 0 Å². The Morgan fingerprint density at radius 1 is 0.917 bits per heavy atom. The molecule has 64 valence electrons. The minimum absolute atomic E-state index is 0. The smallest absolute Gasteiger partial charge is 0.750 e. The molecule has 0 aromatic rings. The van der Waals surface area contributed by atoms with Crippen molar-refractivity contribution in [1.82, 2.24) is 0 Å². The predicted octanol–water partition coefficient (Wildman–Crippen LogP) is -7.50. The van der Waals surface area contributed by atoms with E-state index in [1.54, 1.807) is 0 Å². The average molecular weight is 238 g/mol. The molecule has 0 fully saturated rings. The molecule has 2 atom stereocenters. The molecule has 0 aromatic carbocycles. The topological polar surface area (TPSA) is 138 Å². The maximum atomic E-state index is 8.56. The molecule has 0 aliphatic heterocycles. The van der Waals surface area contributed by atoms with Crippen molar-refractivity contribution in [3.63, 3.8) is 0 Å². The molecule has 12 heavy (non-hydrogen) atoms. The van der Waals surface area contributed by atoms with E-state index in [9.17, 15) is 0 Å². The third-order valence-electron chi connectivity index (χ3n) is 0. The van der Waals surface area contributed by atoms with Crippen LogP contribution in [0.5, 0.6) is 0 Å².